The van der Waals surface area contributed by atoms with Crippen molar-refractivity contribution in [3.63, 3.8) is 0 Å². The molecule has 0 aliphatic carbocycles. The average Bonchev–Trinajstić information content (AvgIpc) is 2.20. The first-order valence-electron chi connectivity index (χ1n) is 7.22. The summed E-state index contributed by atoms with van der Waals surface area (Å²) >= 11 is 0. The summed E-state index contributed by atoms with van der Waals surface area (Å²) < 4.78 is 1.21. The van der Waals surface area contributed by atoms with Crippen LogP contribution in [0, 0.1) is 5.92 Å². The van der Waals surface area contributed by atoms with Gasteiger partial charge in [-0.1, -0.05) is 33.6 Å². The first-order chi connectivity index (χ1) is 7.40. The highest BCUT2D eigenvalue weighted by Crippen LogP contribution is 2.16. The molecule has 0 N–H and O–H groups in total. The molecule has 0 rings (SSSR count). The number of unbranched alkanes of at least 4 members (excludes halogenated alkanes) is 2. The van der Waals surface area contributed by atoms with Crippen molar-refractivity contribution in [1.29, 1.82) is 0 Å². The molecule has 0 radical (unpaired) electrons. The third kappa shape index (κ3) is 7.27. The van der Waals surface area contributed by atoms with E-state index in [2.05, 4.69) is 41.8 Å². The minimum Gasteiger partial charge on any atom is -0.326 e. The third-order valence-corrected chi connectivity index (χ3v) is 3.93. The van der Waals surface area contributed by atoms with Crippen LogP contribution in [0.15, 0.2) is 0 Å². The smallest absolute Gasteiger partial charge is 0.0857 e. The fourth-order valence-electron chi connectivity index (χ4n) is 2.14. The Morgan fingerprint density at radius 3 is 2.00 bits per heavy atom. The number of nitrogens with zero attached hydrogens (tertiary/aromatic N) is 1. The maximum Gasteiger partial charge on any atom is 0.0857 e. The number of quaternary nitrogens is 1. The van der Waals surface area contributed by atoms with Crippen molar-refractivity contribution in [2.24, 2.45) is 5.92 Å². The summed E-state index contributed by atoms with van der Waals surface area (Å²) in [6, 6.07) is 0.819. The van der Waals surface area contributed by atoms with Gasteiger partial charge in [-0.3, -0.25) is 0 Å². The summed E-state index contributed by atoms with van der Waals surface area (Å²) in [7, 11) is 4.80. The van der Waals surface area contributed by atoms with Gasteiger partial charge in [0.05, 0.1) is 26.7 Å². The zero-order valence-corrected chi connectivity index (χ0v) is 12.6. The molecule has 0 bridgehead atoms. The Bertz CT molecular complexity index is 161. The highest BCUT2D eigenvalue weighted by atomic mass is 15.3. The van der Waals surface area contributed by atoms with Crippen LogP contribution >= 0.6 is 0 Å². The topological polar surface area (TPSA) is 0 Å². The van der Waals surface area contributed by atoms with E-state index in [0.717, 1.165) is 12.0 Å². The van der Waals surface area contributed by atoms with E-state index < -0.39 is 0 Å². The minimum absolute atomic E-state index is 0.819. The molecule has 1 heteroatoms. The van der Waals surface area contributed by atoms with Crippen LogP contribution in [-0.4, -0.2) is 31.2 Å². The SMILES string of the molecule is CCCCC(C)[N+](C)(C)CCCCC(C)C. The van der Waals surface area contributed by atoms with E-state index in [-0.39, 0.29) is 0 Å². The first-order valence-corrected chi connectivity index (χ1v) is 7.22. The van der Waals surface area contributed by atoms with Gasteiger partial charge >= 0.3 is 0 Å². The number of hydrogen-bond acceptors (Lipinski definition) is 0. The van der Waals surface area contributed by atoms with Crippen LogP contribution < -0.4 is 0 Å². The van der Waals surface area contributed by atoms with E-state index in [1.165, 1.54) is 49.6 Å². The molecule has 0 aromatic rings. The maximum atomic E-state index is 2.41. The van der Waals surface area contributed by atoms with E-state index in [1.807, 2.05) is 0 Å². The molecule has 0 fully saturated rings. The number of rotatable bonds is 9. The monoisotopic (exact) mass is 228 g/mol. The third-order valence-electron chi connectivity index (χ3n) is 3.93. The van der Waals surface area contributed by atoms with Gasteiger partial charge in [0.15, 0.2) is 0 Å². The van der Waals surface area contributed by atoms with Crippen molar-refractivity contribution >= 4 is 0 Å². The Morgan fingerprint density at radius 1 is 0.875 bits per heavy atom. The maximum absolute atomic E-state index is 2.41. The summed E-state index contributed by atoms with van der Waals surface area (Å²) in [6.45, 7) is 10.7. The Kier molecular flexibility index (Phi) is 8.09. The summed E-state index contributed by atoms with van der Waals surface area (Å²) in [5.74, 6) is 0.869. The second-order valence-corrected chi connectivity index (χ2v) is 6.38. The van der Waals surface area contributed by atoms with Crippen molar-refractivity contribution in [2.45, 2.75) is 72.3 Å². The molecular weight excluding hydrogens is 194 g/mol. The van der Waals surface area contributed by atoms with E-state index in [4.69, 9.17) is 0 Å². The van der Waals surface area contributed by atoms with Crippen LogP contribution in [-0.2, 0) is 0 Å². The van der Waals surface area contributed by atoms with Crippen molar-refractivity contribution in [1.82, 2.24) is 0 Å². The molecule has 0 aliphatic rings. The molecule has 0 aromatic carbocycles. The Hall–Kier alpha value is -0.0400. The Labute approximate surface area is 104 Å². The molecular formula is C15H34N+. The lowest BCUT2D eigenvalue weighted by Crippen LogP contribution is -2.47. The van der Waals surface area contributed by atoms with Gasteiger partial charge in [0.1, 0.15) is 0 Å². The Morgan fingerprint density at radius 2 is 1.50 bits per heavy atom. The molecule has 1 nitrogen and oxygen atoms in total. The highest BCUT2D eigenvalue weighted by Gasteiger charge is 2.22. The summed E-state index contributed by atoms with van der Waals surface area (Å²) in [4.78, 5) is 0. The molecule has 0 heterocycles. The molecule has 0 spiro atoms. The molecule has 0 saturated carbocycles. The molecule has 0 saturated heterocycles. The van der Waals surface area contributed by atoms with E-state index >= 15 is 0 Å². The van der Waals surface area contributed by atoms with Crippen LogP contribution in [0.2, 0.25) is 0 Å². The van der Waals surface area contributed by atoms with E-state index in [9.17, 15) is 0 Å². The summed E-state index contributed by atoms with van der Waals surface area (Å²) in [6.07, 6.45) is 8.28. The van der Waals surface area contributed by atoms with Gasteiger partial charge in [-0.2, -0.15) is 0 Å². The largest absolute Gasteiger partial charge is 0.326 e. The van der Waals surface area contributed by atoms with Crippen LogP contribution in [0.25, 0.3) is 0 Å². The fraction of sp³-hybridized carbons (Fsp3) is 1.00. The zero-order valence-electron chi connectivity index (χ0n) is 12.6. The normalized spacial score (nSPS) is 14.4. The van der Waals surface area contributed by atoms with E-state index in [1.54, 1.807) is 0 Å². The summed E-state index contributed by atoms with van der Waals surface area (Å²) in [5, 5.41) is 0. The fourth-order valence-corrected chi connectivity index (χ4v) is 2.14. The van der Waals surface area contributed by atoms with E-state index in [0.29, 0.717) is 0 Å². The van der Waals surface area contributed by atoms with Gasteiger partial charge in [-0.15, -0.1) is 0 Å². The molecule has 0 aliphatic heterocycles. The Balaban J connectivity index is 3.75. The van der Waals surface area contributed by atoms with Crippen LogP contribution in [0.3, 0.4) is 0 Å². The predicted molar refractivity (Wildman–Crippen MR) is 74.7 cm³/mol. The van der Waals surface area contributed by atoms with Crippen LogP contribution in [0.4, 0.5) is 0 Å². The average molecular weight is 228 g/mol. The second-order valence-electron chi connectivity index (χ2n) is 6.38. The quantitative estimate of drug-likeness (QED) is 0.403. The van der Waals surface area contributed by atoms with Gasteiger partial charge in [0.2, 0.25) is 0 Å². The standard InChI is InChI=1S/C15H34N/c1-7-8-12-15(4)16(5,6)13-10-9-11-14(2)3/h14-15H,7-13H2,1-6H3/q+1. The van der Waals surface area contributed by atoms with Gasteiger partial charge < -0.3 is 4.48 Å². The predicted octanol–water partition coefficient (Wildman–Crippen LogP) is 4.47. The van der Waals surface area contributed by atoms with Crippen molar-refractivity contribution in [3.8, 4) is 0 Å². The first kappa shape index (κ1) is 16.0. The zero-order chi connectivity index (χ0) is 12.6. The van der Waals surface area contributed by atoms with Gasteiger partial charge in [-0.05, 0) is 38.5 Å². The second kappa shape index (κ2) is 8.11. The van der Waals surface area contributed by atoms with Gasteiger partial charge in [-0.25, -0.2) is 0 Å². The lowest BCUT2D eigenvalue weighted by molar-refractivity contribution is -0.913. The minimum atomic E-state index is 0.819. The van der Waals surface area contributed by atoms with Crippen molar-refractivity contribution in [2.75, 3.05) is 20.6 Å². The molecule has 98 valence electrons. The summed E-state index contributed by atoms with van der Waals surface area (Å²) in [5.41, 5.74) is 0. The lowest BCUT2D eigenvalue weighted by Gasteiger charge is -2.36. The van der Waals surface area contributed by atoms with Gasteiger partial charge in [0, 0.05) is 0 Å². The molecule has 1 atom stereocenters. The van der Waals surface area contributed by atoms with Crippen LogP contribution in [0.5, 0.6) is 0 Å². The highest BCUT2D eigenvalue weighted by molar-refractivity contribution is 4.53. The molecule has 16 heavy (non-hydrogen) atoms. The lowest BCUT2D eigenvalue weighted by atomic mass is 10.0. The molecule has 0 amide bonds. The molecule has 1 unspecified atom stereocenters. The van der Waals surface area contributed by atoms with Gasteiger partial charge in [0.25, 0.3) is 0 Å². The molecule has 0 aromatic heterocycles. The van der Waals surface area contributed by atoms with Crippen molar-refractivity contribution < 1.29 is 4.48 Å². The van der Waals surface area contributed by atoms with Crippen LogP contribution in [0.1, 0.15) is 66.2 Å². The van der Waals surface area contributed by atoms with Crippen molar-refractivity contribution in [3.05, 3.63) is 0 Å². The number of hydrogen-bond donors (Lipinski definition) is 0.